The van der Waals surface area contributed by atoms with Gasteiger partial charge in [0.15, 0.2) is 0 Å². The van der Waals surface area contributed by atoms with E-state index in [2.05, 4.69) is 68.4 Å². The Morgan fingerprint density at radius 2 is 1.68 bits per heavy atom. The highest BCUT2D eigenvalue weighted by Crippen LogP contribution is 2.38. The van der Waals surface area contributed by atoms with Crippen molar-refractivity contribution in [3.63, 3.8) is 0 Å². The number of benzene rings is 3. The molecule has 3 aromatic rings. The number of ether oxygens (including phenoxy) is 1. The van der Waals surface area contributed by atoms with Gasteiger partial charge in [0.25, 0.3) is 5.91 Å². The van der Waals surface area contributed by atoms with Gasteiger partial charge in [0.2, 0.25) is 0 Å². The van der Waals surface area contributed by atoms with Crippen LogP contribution in [0.2, 0.25) is 0 Å². The average Bonchev–Trinajstić information content (AvgIpc) is 2.98. The summed E-state index contributed by atoms with van der Waals surface area (Å²) in [7, 11) is 0. The monoisotopic (exact) mass is 497 g/mol. The fraction of sp³-hybridized carbons (Fsp3) is 0.0870. The van der Waals surface area contributed by atoms with E-state index in [0.29, 0.717) is 12.2 Å². The number of rotatable bonds is 4. The second kappa shape index (κ2) is 7.94. The van der Waals surface area contributed by atoms with Gasteiger partial charge in [0.1, 0.15) is 12.4 Å². The van der Waals surface area contributed by atoms with Crippen LogP contribution in [0.4, 0.5) is 5.69 Å². The molecule has 0 bridgehead atoms. The second-order valence-corrected chi connectivity index (χ2v) is 8.35. The van der Waals surface area contributed by atoms with Gasteiger partial charge in [-0.15, -0.1) is 0 Å². The molecule has 0 atom stereocenters. The lowest BCUT2D eigenvalue weighted by atomic mass is 10.0. The van der Waals surface area contributed by atoms with E-state index < -0.39 is 0 Å². The van der Waals surface area contributed by atoms with Crippen LogP contribution < -0.4 is 10.1 Å². The van der Waals surface area contributed by atoms with Gasteiger partial charge in [-0.3, -0.25) is 4.79 Å². The Bertz CT molecular complexity index is 1070. The minimum atomic E-state index is -0.0897. The van der Waals surface area contributed by atoms with Crippen molar-refractivity contribution >= 4 is 55.1 Å². The van der Waals surface area contributed by atoms with Crippen LogP contribution >= 0.6 is 31.9 Å². The molecular weight excluding hydrogens is 482 g/mol. The molecule has 0 saturated carbocycles. The summed E-state index contributed by atoms with van der Waals surface area (Å²) in [6, 6.07) is 19.9. The van der Waals surface area contributed by atoms with Crippen LogP contribution in [0.1, 0.15) is 22.3 Å². The molecule has 1 aliphatic heterocycles. The van der Waals surface area contributed by atoms with E-state index in [4.69, 9.17) is 4.74 Å². The predicted molar refractivity (Wildman–Crippen MR) is 120 cm³/mol. The first-order valence-corrected chi connectivity index (χ1v) is 10.4. The van der Waals surface area contributed by atoms with E-state index in [0.717, 1.165) is 37.1 Å². The van der Waals surface area contributed by atoms with Gasteiger partial charge >= 0.3 is 0 Å². The predicted octanol–water partition coefficient (Wildman–Crippen LogP) is 6.59. The molecule has 140 valence electrons. The molecule has 1 N–H and O–H groups in total. The summed E-state index contributed by atoms with van der Waals surface area (Å²) in [5, 5.41) is 2.90. The topological polar surface area (TPSA) is 38.3 Å². The molecular formula is C23H17Br2NO2. The molecule has 3 aromatic carbocycles. The largest absolute Gasteiger partial charge is 0.487 e. The zero-order chi connectivity index (χ0) is 19.7. The summed E-state index contributed by atoms with van der Waals surface area (Å²) in [5.74, 6) is 0.646. The highest BCUT2D eigenvalue weighted by atomic mass is 79.9. The van der Waals surface area contributed by atoms with Gasteiger partial charge in [0.05, 0.1) is 8.95 Å². The van der Waals surface area contributed by atoms with Crippen LogP contribution in [0.15, 0.2) is 69.6 Å². The summed E-state index contributed by atoms with van der Waals surface area (Å²) in [5.41, 5.74) is 5.65. The number of para-hydroxylation sites is 1. The molecule has 0 fully saturated rings. The number of hydrogen-bond acceptors (Lipinski definition) is 2. The standard InChI is InChI=1S/C23H17Br2NO2/c1-14-6-8-15(9-7-14)13-28-22-19(24)11-16(12-20(22)25)10-18-17-4-2-3-5-21(17)26-23(18)27/h2-12H,13H2,1H3,(H,26,27)/b18-10-. The van der Waals surface area contributed by atoms with Crippen molar-refractivity contribution in [3.8, 4) is 5.75 Å². The van der Waals surface area contributed by atoms with Crippen LogP contribution in [0.25, 0.3) is 11.6 Å². The van der Waals surface area contributed by atoms with E-state index in [1.54, 1.807) is 0 Å². The smallest absolute Gasteiger partial charge is 0.256 e. The second-order valence-electron chi connectivity index (χ2n) is 6.65. The third kappa shape index (κ3) is 3.91. The molecule has 0 aromatic heterocycles. The Balaban J connectivity index is 1.59. The Morgan fingerprint density at radius 3 is 2.39 bits per heavy atom. The molecule has 0 unspecified atom stereocenters. The Kier molecular flexibility index (Phi) is 5.38. The quantitative estimate of drug-likeness (QED) is 0.412. The maximum atomic E-state index is 12.3. The van der Waals surface area contributed by atoms with Crippen molar-refractivity contribution in [1.82, 2.24) is 0 Å². The summed E-state index contributed by atoms with van der Waals surface area (Å²) in [4.78, 5) is 12.3. The number of hydrogen-bond donors (Lipinski definition) is 1. The van der Waals surface area contributed by atoms with Gasteiger partial charge in [-0.2, -0.15) is 0 Å². The zero-order valence-corrected chi connectivity index (χ0v) is 18.3. The number of halogens is 2. The van der Waals surface area contributed by atoms with Gasteiger partial charge < -0.3 is 10.1 Å². The first-order valence-electron chi connectivity index (χ1n) is 8.81. The fourth-order valence-electron chi connectivity index (χ4n) is 3.09. The molecule has 28 heavy (non-hydrogen) atoms. The maximum Gasteiger partial charge on any atom is 0.256 e. The normalized spacial score (nSPS) is 14.1. The number of anilines is 1. The van der Waals surface area contributed by atoms with Crippen molar-refractivity contribution in [2.24, 2.45) is 0 Å². The van der Waals surface area contributed by atoms with E-state index in [1.165, 1.54) is 5.56 Å². The van der Waals surface area contributed by atoms with Crippen molar-refractivity contribution in [3.05, 3.63) is 91.9 Å². The van der Waals surface area contributed by atoms with Crippen LogP contribution in [-0.2, 0) is 11.4 Å². The molecule has 0 radical (unpaired) electrons. The minimum absolute atomic E-state index is 0.0897. The molecule has 1 amide bonds. The first-order chi connectivity index (χ1) is 13.5. The molecule has 1 aliphatic rings. The number of carbonyl (C=O) groups excluding carboxylic acids is 1. The average molecular weight is 499 g/mol. The SMILES string of the molecule is Cc1ccc(COc2c(Br)cc(/C=C3\C(=O)Nc4ccccc43)cc2Br)cc1. The maximum absolute atomic E-state index is 12.3. The molecule has 0 saturated heterocycles. The number of fused-ring (bicyclic) bond motifs is 1. The molecule has 0 aliphatic carbocycles. The molecule has 1 heterocycles. The fourth-order valence-corrected chi connectivity index (χ4v) is 4.54. The lowest BCUT2D eigenvalue weighted by Gasteiger charge is -2.12. The van der Waals surface area contributed by atoms with Gasteiger partial charge in [0, 0.05) is 16.8 Å². The Labute approximate surface area is 180 Å². The van der Waals surface area contributed by atoms with Crippen molar-refractivity contribution in [2.75, 3.05) is 5.32 Å². The minimum Gasteiger partial charge on any atom is -0.487 e. The molecule has 4 rings (SSSR count). The van der Waals surface area contributed by atoms with Crippen molar-refractivity contribution < 1.29 is 9.53 Å². The lowest BCUT2D eigenvalue weighted by Crippen LogP contribution is -2.03. The zero-order valence-electron chi connectivity index (χ0n) is 15.1. The first kappa shape index (κ1) is 19.0. The van der Waals surface area contributed by atoms with Crippen molar-refractivity contribution in [1.29, 1.82) is 0 Å². The van der Waals surface area contributed by atoms with Crippen LogP contribution in [0.3, 0.4) is 0 Å². The van der Waals surface area contributed by atoms with E-state index in [-0.39, 0.29) is 5.91 Å². The van der Waals surface area contributed by atoms with Crippen LogP contribution in [0, 0.1) is 6.92 Å². The summed E-state index contributed by atoms with van der Waals surface area (Å²) < 4.78 is 7.65. The molecule has 3 nitrogen and oxygen atoms in total. The van der Waals surface area contributed by atoms with Gasteiger partial charge in [-0.25, -0.2) is 0 Å². The summed E-state index contributed by atoms with van der Waals surface area (Å²) in [6.45, 7) is 2.54. The Hall–Kier alpha value is -2.37. The Morgan fingerprint density at radius 1 is 1.00 bits per heavy atom. The van der Waals surface area contributed by atoms with Gasteiger partial charge in [-0.05, 0) is 74.2 Å². The number of aryl methyl sites for hydroxylation is 1. The van der Waals surface area contributed by atoms with E-state index >= 15 is 0 Å². The third-order valence-corrected chi connectivity index (χ3v) is 5.72. The highest BCUT2D eigenvalue weighted by Gasteiger charge is 2.23. The summed E-state index contributed by atoms with van der Waals surface area (Å²) >= 11 is 7.19. The number of amides is 1. The number of nitrogens with one attached hydrogen (secondary N) is 1. The van der Waals surface area contributed by atoms with Crippen LogP contribution in [-0.4, -0.2) is 5.91 Å². The molecule has 0 spiro atoms. The number of carbonyl (C=O) groups is 1. The summed E-state index contributed by atoms with van der Waals surface area (Å²) in [6.07, 6.45) is 1.89. The van der Waals surface area contributed by atoms with Gasteiger partial charge in [-0.1, -0.05) is 48.0 Å². The third-order valence-electron chi connectivity index (χ3n) is 4.55. The molecule has 5 heteroatoms. The van der Waals surface area contributed by atoms with Crippen LogP contribution in [0.5, 0.6) is 5.75 Å². The lowest BCUT2D eigenvalue weighted by molar-refractivity contribution is -0.110. The van der Waals surface area contributed by atoms with E-state index in [9.17, 15) is 4.79 Å². The van der Waals surface area contributed by atoms with Crippen molar-refractivity contribution in [2.45, 2.75) is 13.5 Å². The highest BCUT2D eigenvalue weighted by molar-refractivity contribution is 9.11. The van der Waals surface area contributed by atoms with E-state index in [1.807, 2.05) is 42.5 Å².